The van der Waals surface area contributed by atoms with Crippen LogP contribution in [0.5, 0.6) is 5.75 Å². The molecule has 0 radical (unpaired) electrons. The van der Waals surface area contributed by atoms with Crippen molar-refractivity contribution in [3.63, 3.8) is 0 Å². The molecule has 4 rings (SSSR count). The van der Waals surface area contributed by atoms with Crippen molar-refractivity contribution < 1.29 is 4.74 Å². The van der Waals surface area contributed by atoms with Gasteiger partial charge in [0, 0.05) is 11.1 Å². The molecule has 1 nitrogen and oxygen atoms in total. The lowest BCUT2D eigenvalue weighted by Crippen LogP contribution is -2.13. The molecule has 1 aliphatic carbocycles. The van der Waals surface area contributed by atoms with E-state index in [0.29, 0.717) is 0 Å². The van der Waals surface area contributed by atoms with Crippen LogP contribution in [-0.4, -0.2) is 7.11 Å². The van der Waals surface area contributed by atoms with Gasteiger partial charge in [0.05, 0.1) is 7.11 Å². The van der Waals surface area contributed by atoms with Crippen molar-refractivity contribution in [2.45, 2.75) is 57.8 Å². The van der Waals surface area contributed by atoms with Gasteiger partial charge in [-0.05, 0) is 90.3 Å². The number of methoxy groups -OCH3 is 1. The van der Waals surface area contributed by atoms with Gasteiger partial charge in [-0.1, -0.05) is 62.3 Å². The van der Waals surface area contributed by atoms with Crippen LogP contribution < -0.4 is 4.74 Å². The van der Waals surface area contributed by atoms with Gasteiger partial charge in [-0.3, -0.25) is 0 Å². The second kappa shape index (κ2) is 9.86. The van der Waals surface area contributed by atoms with Crippen LogP contribution in [0.25, 0.3) is 10.8 Å². The number of unbranched alkanes of at least 4 members (excludes halogenated alkanes) is 1. The first kappa shape index (κ1) is 20.5. The molecule has 0 heterocycles. The Balaban J connectivity index is 1.40. The fraction of sp³-hybridized carbons (Fsp3) is 0.379. The Morgan fingerprint density at radius 2 is 1.47 bits per heavy atom. The van der Waals surface area contributed by atoms with Crippen molar-refractivity contribution in [2.24, 2.45) is 5.92 Å². The summed E-state index contributed by atoms with van der Waals surface area (Å²) >= 11 is 0. The van der Waals surface area contributed by atoms with Gasteiger partial charge >= 0.3 is 0 Å². The van der Waals surface area contributed by atoms with E-state index in [0.717, 1.165) is 28.7 Å². The molecule has 1 heteroatoms. The lowest BCUT2D eigenvalue weighted by Gasteiger charge is -2.28. The number of hydrogen-bond donors (Lipinski definition) is 0. The summed E-state index contributed by atoms with van der Waals surface area (Å²) in [6, 6.07) is 21.5. The van der Waals surface area contributed by atoms with Crippen molar-refractivity contribution in [1.29, 1.82) is 0 Å². The first-order chi connectivity index (χ1) is 14.7. The van der Waals surface area contributed by atoms with Crippen LogP contribution >= 0.6 is 0 Å². The van der Waals surface area contributed by atoms with E-state index in [4.69, 9.17) is 4.74 Å². The monoisotopic (exact) mass is 396 g/mol. The topological polar surface area (TPSA) is 9.23 Å². The van der Waals surface area contributed by atoms with Crippen LogP contribution in [0.2, 0.25) is 0 Å². The fourth-order valence-electron chi connectivity index (χ4n) is 4.69. The average molecular weight is 397 g/mol. The lowest BCUT2D eigenvalue weighted by molar-refractivity contribution is 0.304. The Kier molecular flexibility index (Phi) is 6.75. The molecule has 0 bridgehead atoms. The molecule has 154 valence electrons. The lowest BCUT2D eigenvalue weighted by atomic mass is 9.77. The maximum atomic E-state index is 5.30. The average Bonchev–Trinajstić information content (AvgIpc) is 2.81. The predicted molar refractivity (Wildman–Crippen MR) is 127 cm³/mol. The zero-order chi connectivity index (χ0) is 20.8. The minimum absolute atomic E-state index is 0.738. The molecule has 30 heavy (non-hydrogen) atoms. The molecule has 3 aromatic rings. The third-order valence-electron chi connectivity index (χ3n) is 6.59. The Bertz CT molecular complexity index is 1030. The Morgan fingerprint density at radius 3 is 2.20 bits per heavy atom. The normalized spacial score (nSPS) is 18.6. The van der Waals surface area contributed by atoms with E-state index in [1.807, 2.05) is 6.07 Å². The van der Waals surface area contributed by atoms with Gasteiger partial charge < -0.3 is 4.74 Å². The number of hydrogen-bond acceptors (Lipinski definition) is 1. The quantitative estimate of drug-likeness (QED) is 0.401. The van der Waals surface area contributed by atoms with Crippen molar-refractivity contribution in [1.82, 2.24) is 0 Å². The van der Waals surface area contributed by atoms with Crippen molar-refractivity contribution in [3.8, 4) is 17.6 Å². The molecular formula is C29H32O. The van der Waals surface area contributed by atoms with E-state index >= 15 is 0 Å². The fourth-order valence-corrected chi connectivity index (χ4v) is 4.69. The van der Waals surface area contributed by atoms with Crippen LogP contribution in [0.15, 0.2) is 60.7 Å². The first-order valence-corrected chi connectivity index (χ1v) is 11.4. The molecule has 0 saturated heterocycles. The molecule has 0 spiro atoms. The molecular weight excluding hydrogens is 364 g/mol. The molecule has 0 N–H and O–H groups in total. The second-order valence-corrected chi connectivity index (χ2v) is 8.66. The van der Waals surface area contributed by atoms with Crippen molar-refractivity contribution in [3.05, 3.63) is 77.4 Å². The van der Waals surface area contributed by atoms with Gasteiger partial charge in [0.1, 0.15) is 5.75 Å². The highest BCUT2D eigenvalue weighted by Crippen LogP contribution is 2.37. The minimum Gasteiger partial charge on any atom is -0.497 e. The molecule has 0 amide bonds. The highest BCUT2D eigenvalue weighted by atomic mass is 16.5. The van der Waals surface area contributed by atoms with E-state index in [-0.39, 0.29) is 0 Å². The van der Waals surface area contributed by atoms with E-state index in [1.165, 1.54) is 61.3 Å². The highest BCUT2D eigenvalue weighted by Gasteiger charge is 2.21. The summed E-state index contributed by atoms with van der Waals surface area (Å²) in [4.78, 5) is 0. The van der Waals surface area contributed by atoms with Crippen LogP contribution in [0.3, 0.4) is 0 Å². The summed E-state index contributed by atoms with van der Waals surface area (Å²) in [5.41, 5.74) is 3.63. The van der Waals surface area contributed by atoms with Gasteiger partial charge in [-0.15, -0.1) is 0 Å². The molecule has 3 aromatic carbocycles. The van der Waals surface area contributed by atoms with E-state index in [1.54, 1.807) is 7.11 Å². The minimum atomic E-state index is 0.738. The van der Waals surface area contributed by atoms with E-state index in [2.05, 4.69) is 73.4 Å². The van der Waals surface area contributed by atoms with Gasteiger partial charge in [0.15, 0.2) is 0 Å². The SMILES string of the molecule is CCCCC1CCC(c2ccc(C#Cc3ccc4cc(OC)ccc4c3)cc2)CC1. The standard InChI is InChI=1S/C29H32O/c1-3-4-5-22-8-13-25(14-9-22)26-15-10-23(11-16-26)6-7-24-12-17-28-21-29(30-2)19-18-27(28)20-24/h10-12,15-22,25H,3-5,8-9,13-14H2,1-2H3. The zero-order valence-electron chi connectivity index (χ0n) is 18.3. The zero-order valence-corrected chi connectivity index (χ0v) is 18.3. The van der Waals surface area contributed by atoms with Crippen LogP contribution in [0, 0.1) is 17.8 Å². The molecule has 0 unspecified atom stereocenters. The largest absolute Gasteiger partial charge is 0.497 e. The maximum Gasteiger partial charge on any atom is 0.119 e. The summed E-state index contributed by atoms with van der Waals surface area (Å²) in [5.74, 6) is 9.25. The number of benzene rings is 3. The second-order valence-electron chi connectivity index (χ2n) is 8.66. The van der Waals surface area contributed by atoms with Crippen molar-refractivity contribution in [2.75, 3.05) is 7.11 Å². The summed E-state index contributed by atoms with van der Waals surface area (Å²) in [5, 5.41) is 2.36. The van der Waals surface area contributed by atoms with Gasteiger partial charge in [-0.25, -0.2) is 0 Å². The first-order valence-electron chi connectivity index (χ1n) is 11.4. The third kappa shape index (κ3) is 5.06. The molecule has 0 aromatic heterocycles. The van der Waals surface area contributed by atoms with E-state index in [9.17, 15) is 0 Å². The third-order valence-corrected chi connectivity index (χ3v) is 6.59. The summed E-state index contributed by atoms with van der Waals surface area (Å²) in [6.07, 6.45) is 9.66. The molecule has 0 atom stereocenters. The molecule has 1 saturated carbocycles. The summed E-state index contributed by atoms with van der Waals surface area (Å²) in [7, 11) is 1.70. The highest BCUT2D eigenvalue weighted by molar-refractivity contribution is 5.85. The molecule has 1 fully saturated rings. The number of ether oxygens (including phenoxy) is 1. The molecule has 1 aliphatic rings. The predicted octanol–water partition coefficient (Wildman–Crippen LogP) is 7.71. The Hall–Kier alpha value is -2.72. The van der Waals surface area contributed by atoms with E-state index < -0.39 is 0 Å². The van der Waals surface area contributed by atoms with Crippen LogP contribution in [-0.2, 0) is 0 Å². The maximum absolute atomic E-state index is 5.30. The van der Waals surface area contributed by atoms with Gasteiger partial charge in [0.25, 0.3) is 0 Å². The van der Waals surface area contributed by atoms with Gasteiger partial charge in [-0.2, -0.15) is 0 Å². The van der Waals surface area contributed by atoms with Crippen LogP contribution in [0.4, 0.5) is 0 Å². The smallest absolute Gasteiger partial charge is 0.119 e. The number of rotatable bonds is 5. The Labute approximate surface area is 181 Å². The summed E-state index contributed by atoms with van der Waals surface area (Å²) in [6.45, 7) is 2.30. The Morgan fingerprint density at radius 1 is 0.800 bits per heavy atom. The molecule has 0 aliphatic heterocycles. The summed E-state index contributed by atoms with van der Waals surface area (Å²) < 4.78 is 5.30. The van der Waals surface area contributed by atoms with Gasteiger partial charge in [0.2, 0.25) is 0 Å². The van der Waals surface area contributed by atoms with Crippen LogP contribution in [0.1, 0.15) is 74.5 Å². The van der Waals surface area contributed by atoms with Crippen molar-refractivity contribution >= 4 is 10.8 Å². The number of fused-ring (bicyclic) bond motifs is 1.